The zero-order valence-corrected chi connectivity index (χ0v) is 8.81. The lowest BCUT2D eigenvalue weighted by Crippen LogP contribution is -2.58. The van der Waals surface area contributed by atoms with Crippen LogP contribution in [0.2, 0.25) is 0 Å². The first-order valence-corrected chi connectivity index (χ1v) is 5.50. The molecule has 0 spiro atoms. The van der Waals surface area contributed by atoms with Gasteiger partial charge in [0.05, 0.1) is 24.9 Å². The van der Waals surface area contributed by atoms with Gasteiger partial charge in [0.2, 0.25) is 0 Å². The molecule has 72 valence electrons. The first-order chi connectivity index (χ1) is 5.69. The molecule has 1 heterocycles. The van der Waals surface area contributed by atoms with E-state index in [9.17, 15) is 10.2 Å². The fourth-order valence-electron chi connectivity index (χ4n) is 1.44. The van der Waals surface area contributed by atoms with Crippen molar-refractivity contribution in [2.45, 2.75) is 30.7 Å². The normalized spacial score (nSPS) is 43.0. The third-order valence-corrected chi connectivity index (χ3v) is 3.23. The highest BCUT2D eigenvalue weighted by molar-refractivity contribution is 14.1. The van der Waals surface area contributed by atoms with Crippen molar-refractivity contribution in [3.8, 4) is 0 Å². The second-order valence-electron chi connectivity index (χ2n) is 3.10. The van der Waals surface area contributed by atoms with Gasteiger partial charge < -0.3 is 20.6 Å². The minimum atomic E-state index is -0.839. The van der Waals surface area contributed by atoms with Gasteiger partial charge in [0.15, 0.2) is 0 Å². The highest BCUT2D eigenvalue weighted by Gasteiger charge is 2.34. The Bertz CT molecular complexity index is 147. The average Bonchev–Trinajstić information content (AvgIpc) is 2.09. The van der Waals surface area contributed by atoms with Gasteiger partial charge in [-0.25, -0.2) is 0 Å². The maximum absolute atomic E-state index is 9.38. The average molecular weight is 287 g/mol. The topological polar surface area (TPSA) is 72.7 Å². The molecule has 0 radical (unpaired) electrons. The Hall–Kier alpha value is 0.570. The van der Waals surface area contributed by atoms with Crippen LogP contribution in [-0.2, 0) is 0 Å². The van der Waals surface area contributed by atoms with Gasteiger partial charge in [0.1, 0.15) is 0 Å². The van der Waals surface area contributed by atoms with E-state index in [0.29, 0.717) is 6.42 Å². The van der Waals surface area contributed by atoms with Gasteiger partial charge in [-0.05, 0) is 6.42 Å². The molecule has 0 amide bonds. The molecule has 4 nitrogen and oxygen atoms in total. The molecule has 1 aliphatic heterocycles. The van der Waals surface area contributed by atoms with E-state index in [4.69, 9.17) is 5.11 Å². The van der Waals surface area contributed by atoms with Crippen molar-refractivity contribution in [2.75, 3.05) is 11.0 Å². The van der Waals surface area contributed by atoms with Crippen LogP contribution in [0.15, 0.2) is 0 Å². The maximum atomic E-state index is 9.38. The summed E-state index contributed by atoms with van der Waals surface area (Å²) >= 11 is 2.21. The molecule has 1 saturated heterocycles. The number of piperidine rings is 1. The van der Waals surface area contributed by atoms with E-state index in [0.717, 1.165) is 4.43 Å². The van der Waals surface area contributed by atoms with Crippen molar-refractivity contribution in [2.24, 2.45) is 0 Å². The third kappa shape index (κ3) is 2.29. The van der Waals surface area contributed by atoms with Gasteiger partial charge in [-0.2, -0.15) is 0 Å². The molecule has 0 aromatic heterocycles. The van der Waals surface area contributed by atoms with E-state index in [1.165, 1.54) is 0 Å². The van der Waals surface area contributed by atoms with Crippen LogP contribution in [0.25, 0.3) is 0 Å². The Kier molecular flexibility index (Phi) is 4.18. The summed E-state index contributed by atoms with van der Waals surface area (Å²) < 4.78 is 0.873. The van der Waals surface area contributed by atoms with Crippen molar-refractivity contribution in [3.05, 3.63) is 0 Å². The Labute approximate surface area is 85.1 Å². The van der Waals surface area contributed by atoms with Crippen LogP contribution in [0.1, 0.15) is 6.42 Å². The van der Waals surface area contributed by atoms with Gasteiger partial charge in [-0.3, -0.25) is 0 Å². The number of aliphatic hydroxyl groups excluding tert-OH is 3. The molecule has 0 aromatic rings. The van der Waals surface area contributed by atoms with Gasteiger partial charge in [-0.1, -0.05) is 22.6 Å². The molecule has 1 aliphatic rings. The van der Waals surface area contributed by atoms with Crippen molar-refractivity contribution in [1.29, 1.82) is 0 Å². The maximum Gasteiger partial charge on any atom is 0.0974 e. The SMILES string of the molecule is OC[C@H]1N[C@H](CI)C[C@@H](O)[C@@H]1O. The monoisotopic (exact) mass is 287 g/mol. The molecule has 0 bridgehead atoms. The fraction of sp³-hybridized carbons (Fsp3) is 1.00. The number of alkyl halides is 1. The summed E-state index contributed by atoms with van der Waals surface area (Å²) in [4.78, 5) is 0. The summed E-state index contributed by atoms with van der Waals surface area (Å²) in [5.74, 6) is 0. The minimum Gasteiger partial charge on any atom is -0.395 e. The van der Waals surface area contributed by atoms with Crippen LogP contribution >= 0.6 is 22.6 Å². The lowest BCUT2D eigenvalue weighted by atomic mass is 9.94. The first kappa shape index (κ1) is 10.6. The summed E-state index contributed by atoms with van der Waals surface area (Å²) in [7, 11) is 0. The number of nitrogens with one attached hydrogen (secondary N) is 1. The second-order valence-corrected chi connectivity index (χ2v) is 3.98. The van der Waals surface area contributed by atoms with Gasteiger partial charge in [-0.15, -0.1) is 0 Å². The predicted molar refractivity (Wildman–Crippen MR) is 53.3 cm³/mol. The lowest BCUT2D eigenvalue weighted by Gasteiger charge is -2.36. The zero-order chi connectivity index (χ0) is 9.14. The van der Waals surface area contributed by atoms with E-state index in [1.54, 1.807) is 0 Å². The molecule has 5 heteroatoms. The largest absolute Gasteiger partial charge is 0.395 e. The van der Waals surface area contributed by atoms with Gasteiger partial charge >= 0.3 is 0 Å². The van der Waals surface area contributed by atoms with Crippen LogP contribution < -0.4 is 5.32 Å². The van der Waals surface area contributed by atoms with Crippen LogP contribution in [0, 0.1) is 0 Å². The van der Waals surface area contributed by atoms with E-state index in [1.807, 2.05) is 0 Å². The highest BCUT2D eigenvalue weighted by Crippen LogP contribution is 2.15. The first-order valence-electron chi connectivity index (χ1n) is 3.98. The minimum absolute atomic E-state index is 0.134. The summed E-state index contributed by atoms with van der Waals surface area (Å²) in [5.41, 5.74) is 0. The lowest BCUT2D eigenvalue weighted by molar-refractivity contribution is -0.0480. The summed E-state index contributed by atoms with van der Waals surface area (Å²) in [6, 6.07) is -0.185. The van der Waals surface area contributed by atoms with E-state index in [-0.39, 0.29) is 18.7 Å². The molecular formula is C7H14INO3. The molecule has 0 unspecified atom stereocenters. The molecule has 1 fully saturated rings. The summed E-state index contributed by atoms with van der Waals surface area (Å²) in [6.07, 6.45) is -0.988. The summed E-state index contributed by atoms with van der Waals surface area (Å²) in [5, 5.41) is 30.7. The molecular weight excluding hydrogens is 273 g/mol. The van der Waals surface area contributed by atoms with E-state index >= 15 is 0 Å². The third-order valence-electron chi connectivity index (χ3n) is 2.17. The van der Waals surface area contributed by atoms with Crippen LogP contribution in [0.3, 0.4) is 0 Å². The molecule has 4 atom stereocenters. The standard InChI is InChI=1S/C7H14INO3/c8-2-4-1-6(11)7(12)5(3-10)9-4/h4-7,9-12H,1-3H2/t4-,5+,6+,7+/m0/s1. The van der Waals surface area contributed by atoms with Crippen molar-refractivity contribution in [1.82, 2.24) is 5.32 Å². The molecule has 0 aromatic carbocycles. The fourth-order valence-corrected chi connectivity index (χ4v) is 2.05. The number of halogens is 1. The van der Waals surface area contributed by atoms with Crippen molar-refractivity contribution >= 4 is 22.6 Å². The molecule has 12 heavy (non-hydrogen) atoms. The number of rotatable bonds is 2. The van der Waals surface area contributed by atoms with Crippen LogP contribution in [0.5, 0.6) is 0 Å². The van der Waals surface area contributed by atoms with Crippen LogP contribution in [0.4, 0.5) is 0 Å². The number of hydrogen-bond acceptors (Lipinski definition) is 4. The number of hydrogen-bond donors (Lipinski definition) is 4. The molecule has 0 saturated carbocycles. The quantitative estimate of drug-likeness (QED) is 0.383. The highest BCUT2D eigenvalue weighted by atomic mass is 127. The Morgan fingerprint density at radius 3 is 2.58 bits per heavy atom. The zero-order valence-electron chi connectivity index (χ0n) is 6.65. The molecule has 0 aliphatic carbocycles. The van der Waals surface area contributed by atoms with E-state index < -0.39 is 12.2 Å². The number of aliphatic hydroxyl groups is 3. The Balaban J connectivity index is 2.52. The Morgan fingerprint density at radius 2 is 2.08 bits per heavy atom. The summed E-state index contributed by atoms with van der Waals surface area (Å²) in [6.45, 7) is -0.134. The molecule has 4 N–H and O–H groups in total. The van der Waals surface area contributed by atoms with Gasteiger partial charge in [0, 0.05) is 10.5 Å². The molecule has 1 rings (SSSR count). The van der Waals surface area contributed by atoms with Crippen molar-refractivity contribution in [3.63, 3.8) is 0 Å². The van der Waals surface area contributed by atoms with Crippen molar-refractivity contribution < 1.29 is 15.3 Å². The van der Waals surface area contributed by atoms with Crippen LogP contribution in [-0.4, -0.2) is 50.6 Å². The second kappa shape index (κ2) is 4.71. The van der Waals surface area contributed by atoms with Gasteiger partial charge in [0.25, 0.3) is 0 Å². The van der Waals surface area contributed by atoms with E-state index in [2.05, 4.69) is 27.9 Å². The smallest absolute Gasteiger partial charge is 0.0974 e. The Morgan fingerprint density at radius 1 is 1.42 bits per heavy atom. The predicted octanol–water partition coefficient (Wildman–Crippen LogP) is -1.13.